The summed E-state index contributed by atoms with van der Waals surface area (Å²) in [6.45, 7) is 8.26. The lowest BCUT2D eigenvalue weighted by molar-refractivity contribution is -0.126. The van der Waals surface area contributed by atoms with Crippen molar-refractivity contribution in [1.82, 2.24) is 0 Å². The summed E-state index contributed by atoms with van der Waals surface area (Å²) in [5.74, 6) is 0.782. The Balaban J connectivity index is 2.46. The summed E-state index contributed by atoms with van der Waals surface area (Å²) in [5.41, 5.74) is 0.876. The molecule has 0 aromatic rings. The zero-order valence-corrected chi connectivity index (χ0v) is 11.0. The van der Waals surface area contributed by atoms with Crippen molar-refractivity contribution in [2.24, 2.45) is 23.2 Å². The van der Waals surface area contributed by atoms with Crippen molar-refractivity contribution in [3.63, 3.8) is 0 Å². The number of carbonyl (C=O) groups excluding carboxylic acids is 2. The highest BCUT2D eigenvalue weighted by molar-refractivity contribution is 5.99. The number of hydrogen-bond donors (Lipinski definition) is 0. The molecule has 0 aromatic carbocycles. The number of allylic oxidation sites excluding steroid dienone is 4. The molecule has 2 rings (SSSR count). The number of hydrogen-bond acceptors (Lipinski definition) is 2. The van der Waals surface area contributed by atoms with Gasteiger partial charge in [-0.3, -0.25) is 9.59 Å². The Bertz CT molecular complexity index is 428. The van der Waals surface area contributed by atoms with E-state index in [4.69, 9.17) is 0 Å². The minimum atomic E-state index is -0.158. The molecule has 2 aliphatic carbocycles. The molecule has 0 amide bonds. The van der Waals surface area contributed by atoms with Gasteiger partial charge in [0.2, 0.25) is 0 Å². The molecule has 0 unspecified atom stereocenters. The van der Waals surface area contributed by atoms with Gasteiger partial charge in [0.1, 0.15) is 0 Å². The molecular formula is C15H20O2. The van der Waals surface area contributed by atoms with Crippen LogP contribution in [0, 0.1) is 23.2 Å². The molecule has 0 bridgehead atoms. The van der Waals surface area contributed by atoms with Gasteiger partial charge in [-0.05, 0) is 30.1 Å². The average molecular weight is 232 g/mol. The van der Waals surface area contributed by atoms with Crippen LogP contribution in [0.3, 0.4) is 0 Å². The summed E-state index contributed by atoms with van der Waals surface area (Å²) in [6.07, 6.45) is 6.00. The fourth-order valence-corrected chi connectivity index (χ4v) is 2.96. The minimum Gasteiger partial charge on any atom is -0.295 e. The molecule has 0 saturated heterocycles. The first-order chi connectivity index (χ1) is 7.86. The van der Waals surface area contributed by atoms with Crippen molar-refractivity contribution in [3.05, 3.63) is 23.8 Å². The molecular weight excluding hydrogens is 212 g/mol. The number of ketones is 2. The molecule has 3 atom stereocenters. The van der Waals surface area contributed by atoms with E-state index in [2.05, 4.69) is 20.8 Å². The van der Waals surface area contributed by atoms with Crippen molar-refractivity contribution in [2.45, 2.75) is 34.1 Å². The fourth-order valence-electron chi connectivity index (χ4n) is 2.96. The Hall–Kier alpha value is -1.18. The van der Waals surface area contributed by atoms with Gasteiger partial charge in [0.25, 0.3) is 0 Å². The van der Waals surface area contributed by atoms with Crippen molar-refractivity contribution in [2.75, 3.05) is 0 Å². The summed E-state index contributed by atoms with van der Waals surface area (Å²) in [6, 6.07) is 0. The molecule has 0 spiro atoms. The van der Waals surface area contributed by atoms with Crippen LogP contribution in [0.5, 0.6) is 0 Å². The Kier molecular flexibility index (Phi) is 2.84. The van der Waals surface area contributed by atoms with Crippen molar-refractivity contribution < 1.29 is 9.59 Å². The smallest absolute Gasteiger partial charge is 0.159 e. The van der Waals surface area contributed by atoms with Crippen LogP contribution in [0.1, 0.15) is 34.1 Å². The summed E-state index contributed by atoms with van der Waals surface area (Å²) in [4.78, 5) is 23.8. The maximum absolute atomic E-state index is 12.0. The van der Waals surface area contributed by atoms with Gasteiger partial charge in [0.15, 0.2) is 11.6 Å². The molecule has 92 valence electrons. The molecule has 17 heavy (non-hydrogen) atoms. The van der Waals surface area contributed by atoms with Crippen LogP contribution < -0.4 is 0 Å². The highest BCUT2D eigenvalue weighted by Gasteiger charge is 2.45. The summed E-state index contributed by atoms with van der Waals surface area (Å²) < 4.78 is 0. The second kappa shape index (κ2) is 3.94. The molecule has 2 heteroatoms. The summed E-state index contributed by atoms with van der Waals surface area (Å²) >= 11 is 0. The van der Waals surface area contributed by atoms with Crippen molar-refractivity contribution in [3.8, 4) is 0 Å². The van der Waals surface area contributed by atoms with Gasteiger partial charge < -0.3 is 0 Å². The first-order valence-corrected chi connectivity index (χ1v) is 6.34. The van der Waals surface area contributed by atoms with E-state index in [0.717, 1.165) is 12.0 Å². The Morgan fingerprint density at radius 2 is 1.88 bits per heavy atom. The van der Waals surface area contributed by atoms with E-state index in [-0.39, 0.29) is 28.8 Å². The summed E-state index contributed by atoms with van der Waals surface area (Å²) in [5, 5.41) is 0. The average Bonchev–Trinajstić information content (AvgIpc) is 2.26. The minimum absolute atomic E-state index is 0.0203. The molecule has 0 aliphatic heterocycles. The molecule has 0 radical (unpaired) electrons. The maximum Gasteiger partial charge on any atom is 0.159 e. The third kappa shape index (κ3) is 1.80. The van der Waals surface area contributed by atoms with Crippen LogP contribution in [0.4, 0.5) is 0 Å². The van der Waals surface area contributed by atoms with Gasteiger partial charge in [-0.1, -0.05) is 33.8 Å². The second-order valence-electron chi connectivity index (χ2n) is 5.93. The molecule has 0 heterocycles. The van der Waals surface area contributed by atoms with Gasteiger partial charge in [0, 0.05) is 17.3 Å². The second-order valence-corrected chi connectivity index (χ2v) is 5.93. The van der Waals surface area contributed by atoms with Crippen LogP contribution >= 0.6 is 0 Å². The highest BCUT2D eigenvalue weighted by Crippen LogP contribution is 2.49. The van der Waals surface area contributed by atoms with Gasteiger partial charge >= 0.3 is 0 Å². The van der Waals surface area contributed by atoms with E-state index in [1.807, 2.05) is 13.0 Å². The molecule has 0 fully saturated rings. The van der Waals surface area contributed by atoms with E-state index in [1.165, 1.54) is 0 Å². The molecule has 2 nitrogen and oxygen atoms in total. The first kappa shape index (κ1) is 12.3. The van der Waals surface area contributed by atoms with Crippen molar-refractivity contribution in [1.29, 1.82) is 0 Å². The predicted molar refractivity (Wildman–Crippen MR) is 67.5 cm³/mol. The number of carbonyl (C=O) groups is 2. The first-order valence-electron chi connectivity index (χ1n) is 6.34. The largest absolute Gasteiger partial charge is 0.295 e. The number of rotatable bonds is 1. The zero-order valence-electron chi connectivity index (χ0n) is 11.0. The van der Waals surface area contributed by atoms with Gasteiger partial charge in [0.05, 0.1) is 0 Å². The Morgan fingerprint density at radius 3 is 2.47 bits per heavy atom. The van der Waals surface area contributed by atoms with Crippen LogP contribution in [0.15, 0.2) is 23.8 Å². The lowest BCUT2D eigenvalue weighted by atomic mass is 9.58. The topological polar surface area (TPSA) is 34.1 Å². The molecule has 2 aliphatic rings. The quantitative estimate of drug-likeness (QED) is 0.696. The fraction of sp³-hybridized carbons (Fsp3) is 0.600. The Labute approximate surface area is 103 Å². The molecule has 0 N–H and O–H groups in total. The lowest BCUT2D eigenvalue weighted by Crippen LogP contribution is -2.42. The zero-order chi connectivity index (χ0) is 12.8. The molecule has 0 saturated carbocycles. The van der Waals surface area contributed by atoms with Crippen LogP contribution in [-0.4, -0.2) is 11.6 Å². The van der Waals surface area contributed by atoms with Crippen LogP contribution in [0.25, 0.3) is 0 Å². The Morgan fingerprint density at radius 1 is 1.24 bits per heavy atom. The molecule has 0 aromatic heterocycles. The SMILES string of the molecule is CC(C)[C@@H]1C[C@@]2(C)C(=CC1=O)C=CC(=O)[C@@H]2C. The predicted octanol–water partition coefficient (Wildman–Crippen LogP) is 2.94. The van der Waals surface area contributed by atoms with E-state index in [1.54, 1.807) is 12.2 Å². The van der Waals surface area contributed by atoms with Gasteiger partial charge in [-0.25, -0.2) is 0 Å². The lowest BCUT2D eigenvalue weighted by Gasteiger charge is -2.44. The highest BCUT2D eigenvalue weighted by atomic mass is 16.1. The van der Waals surface area contributed by atoms with E-state index in [0.29, 0.717) is 5.92 Å². The van der Waals surface area contributed by atoms with Crippen molar-refractivity contribution >= 4 is 11.6 Å². The van der Waals surface area contributed by atoms with Gasteiger partial charge in [-0.2, -0.15) is 0 Å². The third-order valence-electron chi connectivity index (χ3n) is 4.58. The van der Waals surface area contributed by atoms with Gasteiger partial charge in [-0.15, -0.1) is 0 Å². The third-order valence-corrected chi connectivity index (χ3v) is 4.58. The monoisotopic (exact) mass is 232 g/mol. The number of fused-ring (bicyclic) bond motifs is 1. The van der Waals surface area contributed by atoms with E-state index in [9.17, 15) is 9.59 Å². The standard InChI is InChI=1S/C15H20O2/c1-9(2)12-8-15(4)10(3)13(16)6-5-11(15)7-14(12)17/h5-7,9-10,12H,8H2,1-4H3/t10-,12-,15+/m0/s1. The summed E-state index contributed by atoms with van der Waals surface area (Å²) in [7, 11) is 0. The normalized spacial score (nSPS) is 37.1. The van der Waals surface area contributed by atoms with Crippen LogP contribution in [-0.2, 0) is 9.59 Å². The van der Waals surface area contributed by atoms with Crippen LogP contribution in [0.2, 0.25) is 0 Å². The maximum atomic E-state index is 12.0. The van der Waals surface area contributed by atoms with E-state index >= 15 is 0 Å². The van der Waals surface area contributed by atoms with E-state index < -0.39 is 0 Å².